The van der Waals surface area contributed by atoms with E-state index >= 15 is 0 Å². The highest BCUT2D eigenvalue weighted by atomic mass is 35.5. The van der Waals surface area contributed by atoms with Crippen molar-refractivity contribution in [2.75, 3.05) is 6.54 Å². The summed E-state index contributed by atoms with van der Waals surface area (Å²) in [6.45, 7) is 5.92. The number of rotatable bonds is 1. The summed E-state index contributed by atoms with van der Waals surface area (Å²) in [5.74, 6) is -0.0645. The molecule has 0 saturated carbocycles. The third-order valence-corrected chi connectivity index (χ3v) is 5.75. The fourth-order valence-corrected chi connectivity index (χ4v) is 3.99. The maximum Gasteiger partial charge on any atom is 0.254 e. The Hall–Kier alpha value is -2.31. The molecule has 5 rings (SSSR count). The van der Waals surface area contributed by atoms with E-state index < -0.39 is 0 Å². The molecule has 2 aliphatic rings. The summed E-state index contributed by atoms with van der Waals surface area (Å²) in [5.41, 5.74) is 5.53. The van der Waals surface area contributed by atoms with Crippen molar-refractivity contribution in [1.29, 1.82) is 0 Å². The Labute approximate surface area is 173 Å². The molecule has 6 nitrogen and oxygen atoms in total. The van der Waals surface area contributed by atoms with Gasteiger partial charge in [-0.2, -0.15) is 5.10 Å². The Bertz CT molecular complexity index is 1040. The number of aromatic nitrogens is 3. The highest BCUT2D eigenvalue weighted by Crippen LogP contribution is 2.35. The predicted molar refractivity (Wildman–Crippen MR) is 108 cm³/mol. The molecular formula is C20H20Cl2N4O2. The molecule has 3 aromatic rings. The first kappa shape index (κ1) is 19.0. The molecule has 0 aliphatic carbocycles. The van der Waals surface area contributed by atoms with Crippen LogP contribution in [0.3, 0.4) is 0 Å². The van der Waals surface area contributed by atoms with Gasteiger partial charge in [-0.05, 0) is 24.6 Å². The van der Waals surface area contributed by atoms with Gasteiger partial charge in [0.1, 0.15) is 12.0 Å². The van der Waals surface area contributed by atoms with Crippen molar-refractivity contribution in [2.24, 2.45) is 0 Å². The third-order valence-electron chi connectivity index (χ3n) is 5.02. The van der Waals surface area contributed by atoms with E-state index in [1.165, 1.54) is 0 Å². The standard InChI is InChI=1S/C18H14Cl2N4O2.C2H6/c19-13-2-1-10(7-14(13)20)18(25)23-5-4-15-12(8-23)17-16-11(9-26-22-16)3-6-24(17)21-15;1-2/h1-2,7,9H,3-6,8H2;1-2H3. The molecule has 2 aromatic heterocycles. The van der Waals surface area contributed by atoms with Crippen molar-refractivity contribution < 1.29 is 9.32 Å². The van der Waals surface area contributed by atoms with Gasteiger partial charge < -0.3 is 9.42 Å². The van der Waals surface area contributed by atoms with Crippen molar-refractivity contribution in [3.63, 3.8) is 0 Å². The number of hydrogen-bond donors (Lipinski definition) is 0. The number of halogens is 2. The van der Waals surface area contributed by atoms with E-state index in [4.69, 9.17) is 32.8 Å². The first-order valence-electron chi connectivity index (χ1n) is 9.38. The fourth-order valence-electron chi connectivity index (χ4n) is 3.69. The van der Waals surface area contributed by atoms with Crippen LogP contribution in [0.2, 0.25) is 10.0 Å². The van der Waals surface area contributed by atoms with Crippen LogP contribution in [0.5, 0.6) is 0 Å². The van der Waals surface area contributed by atoms with Crippen molar-refractivity contribution >= 4 is 29.1 Å². The number of fused-ring (bicyclic) bond motifs is 5. The lowest BCUT2D eigenvalue weighted by Crippen LogP contribution is -2.36. The molecule has 0 bridgehead atoms. The molecule has 146 valence electrons. The quantitative estimate of drug-likeness (QED) is 0.577. The van der Waals surface area contributed by atoms with Crippen LogP contribution in [-0.4, -0.2) is 32.3 Å². The van der Waals surface area contributed by atoms with Gasteiger partial charge in [0.15, 0.2) is 0 Å². The molecule has 0 radical (unpaired) electrons. The average molecular weight is 419 g/mol. The molecule has 1 aromatic carbocycles. The number of amides is 1. The Kier molecular flexibility index (Phi) is 5.17. The van der Waals surface area contributed by atoms with Gasteiger partial charge in [-0.25, -0.2) is 0 Å². The molecule has 4 heterocycles. The lowest BCUT2D eigenvalue weighted by atomic mass is 9.99. The third kappa shape index (κ3) is 3.10. The van der Waals surface area contributed by atoms with Crippen molar-refractivity contribution in [1.82, 2.24) is 19.8 Å². The van der Waals surface area contributed by atoms with E-state index in [2.05, 4.69) is 5.16 Å². The van der Waals surface area contributed by atoms with Gasteiger partial charge in [0.25, 0.3) is 5.91 Å². The minimum atomic E-state index is -0.0645. The summed E-state index contributed by atoms with van der Waals surface area (Å²) in [6.07, 6.45) is 3.27. The van der Waals surface area contributed by atoms with E-state index in [0.717, 1.165) is 47.6 Å². The minimum absolute atomic E-state index is 0.0645. The van der Waals surface area contributed by atoms with E-state index in [-0.39, 0.29) is 5.91 Å². The van der Waals surface area contributed by atoms with Crippen LogP contribution in [0.4, 0.5) is 0 Å². The summed E-state index contributed by atoms with van der Waals surface area (Å²) in [6, 6.07) is 4.97. The second-order valence-electron chi connectivity index (χ2n) is 6.54. The summed E-state index contributed by atoms with van der Waals surface area (Å²) >= 11 is 12.0. The van der Waals surface area contributed by atoms with Crippen LogP contribution in [0.1, 0.15) is 41.0 Å². The lowest BCUT2D eigenvalue weighted by molar-refractivity contribution is 0.0734. The van der Waals surface area contributed by atoms with E-state index in [1.54, 1.807) is 24.5 Å². The van der Waals surface area contributed by atoms with E-state index in [1.807, 2.05) is 23.4 Å². The maximum atomic E-state index is 12.9. The van der Waals surface area contributed by atoms with Crippen LogP contribution in [0.15, 0.2) is 29.0 Å². The molecule has 0 unspecified atom stereocenters. The average Bonchev–Trinajstić information content (AvgIpc) is 3.34. The summed E-state index contributed by atoms with van der Waals surface area (Å²) in [7, 11) is 0. The first-order valence-corrected chi connectivity index (χ1v) is 10.1. The molecule has 8 heteroatoms. The van der Waals surface area contributed by atoms with Gasteiger partial charge >= 0.3 is 0 Å². The monoisotopic (exact) mass is 418 g/mol. The number of benzene rings is 1. The number of hydrogen-bond acceptors (Lipinski definition) is 4. The van der Waals surface area contributed by atoms with Crippen LogP contribution in [0, 0.1) is 0 Å². The zero-order chi connectivity index (χ0) is 19.8. The van der Waals surface area contributed by atoms with Crippen LogP contribution >= 0.6 is 23.2 Å². The number of nitrogens with zero attached hydrogens (tertiary/aromatic N) is 4. The van der Waals surface area contributed by atoms with Gasteiger partial charge in [0.2, 0.25) is 0 Å². The van der Waals surface area contributed by atoms with Gasteiger partial charge in [-0.3, -0.25) is 9.48 Å². The molecule has 28 heavy (non-hydrogen) atoms. The molecule has 0 atom stereocenters. The van der Waals surface area contributed by atoms with Gasteiger partial charge in [0.05, 0.1) is 28.0 Å². The molecule has 0 saturated heterocycles. The molecule has 1 amide bonds. The van der Waals surface area contributed by atoms with Crippen LogP contribution in [-0.2, 0) is 25.9 Å². The normalized spacial score (nSPS) is 14.5. The Morgan fingerprint density at radius 3 is 2.75 bits per heavy atom. The second-order valence-corrected chi connectivity index (χ2v) is 7.36. The molecule has 0 fully saturated rings. The van der Waals surface area contributed by atoms with Crippen LogP contribution < -0.4 is 0 Å². The van der Waals surface area contributed by atoms with Crippen molar-refractivity contribution in [3.8, 4) is 11.4 Å². The first-order chi connectivity index (χ1) is 13.6. The zero-order valence-electron chi connectivity index (χ0n) is 15.7. The largest absolute Gasteiger partial charge is 0.364 e. The SMILES string of the molecule is CC.O=C(c1ccc(Cl)c(Cl)c1)N1CCc2nn3c(c2C1)-c1nocc1CC3. The molecule has 0 N–H and O–H groups in total. The topological polar surface area (TPSA) is 64.2 Å². The van der Waals surface area contributed by atoms with E-state index in [9.17, 15) is 4.79 Å². The van der Waals surface area contributed by atoms with Crippen molar-refractivity contribution in [2.45, 2.75) is 39.8 Å². The fraction of sp³-hybridized carbons (Fsp3) is 0.350. The Balaban J connectivity index is 0.000000932. The number of aryl methyl sites for hydroxylation is 2. The van der Waals surface area contributed by atoms with Crippen LogP contribution in [0.25, 0.3) is 11.4 Å². The highest BCUT2D eigenvalue weighted by molar-refractivity contribution is 6.42. The number of carbonyl (C=O) groups is 1. The molecular weight excluding hydrogens is 399 g/mol. The smallest absolute Gasteiger partial charge is 0.254 e. The number of carbonyl (C=O) groups excluding carboxylic acids is 1. The lowest BCUT2D eigenvalue weighted by Gasteiger charge is -2.27. The second kappa shape index (κ2) is 7.60. The summed E-state index contributed by atoms with van der Waals surface area (Å²) in [4.78, 5) is 14.7. The maximum absolute atomic E-state index is 12.9. The van der Waals surface area contributed by atoms with E-state index in [0.29, 0.717) is 28.7 Å². The highest BCUT2D eigenvalue weighted by Gasteiger charge is 2.32. The molecule has 2 aliphatic heterocycles. The van der Waals surface area contributed by atoms with Gasteiger partial charge in [0, 0.05) is 36.2 Å². The predicted octanol–water partition coefficient (Wildman–Crippen LogP) is 4.63. The van der Waals surface area contributed by atoms with Gasteiger partial charge in [-0.15, -0.1) is 0 Å². The Morgan fingerprint density at radius 1 is 1.14 bits per heavy atom. The Morgan fingerprint density at radius 2 is 1.96 bits per heavy atom. The molecule has 0 spiro atoms. The summed E-state index contributed by atoms with van der Waals surface area (Å²) < 4.78 is 7.14. The zero-order valence-corrected chi connectivity index (χ0v) is 17.2. The minimum Gasteiger partial charge on any atom is -0.364 e. The van der Waals surface area contributed by atoms with Gasteiger partial charge in [-0.1, -0.05) is 42.2 Å². The van der Waals surface area contributed by atoms with Crippen molar-refractivity contribution in [3.05, 3.63) is 56.9 Å². The summed E-state index contributed by atoms with van der Waals surface area (Å²) in [5, 5.41) is 9.70.